The van der Waals surface area contributed by atoms with E-state index in [1.54, 1.807) is 24.3 Å². The highest BCUT2D eigenvalue weighted by Gasteiger charge is 2.04. The fourth-order valence-electron chi connectivity index (χ4n) is 1.43. The fourth-order valence-corrected chi connectivity index (χ4v) is 1.79. The van der Waals surface area contributed by atoms with Gasteiger partial charge >= 0.3 is 0 Å². The fraction of sp³-hybridized carbons (Fsp3) is 0. The van der Waals surface area contributed by atoms with Crippen molar-refractivity contribution in [3.8, 4) is 11.5 Å². The highest BCUT2D eigenvalue weighted by Crippen LogP contribution is 2.26. The van der Waals surface area contributed by atoms with Crippen LogP contribution in [0, 0.1) is 5.82 Å². The van der Waals surface area contributed by atoms with Gasteiger partial charge in [-0.2, -0.15) is 0 Å². The van der Waals surface area contributed by atoms with Crippen LogP contribution in [0.3, 0.4) is 0 Å². The molecule has 3 N–H and O–H groups in total. The zero-order chi connectivity index (χ0) is 13.8. The Balaban J connectivity index is 2.17. The molecule has 98 valence electrons. The second-order valence-electron chi connectivity index (χ2n) is 3.69. The van der Waals surface area contributed by atoms with E-state index in [-0.39, 0.29) is 11.7 Å². The molecule has 0 atom stereocenters. The number of halogens is 2. The number of nitrogens with two attached hydrogens (primary N) is 1. The van der Waals surface area contributed by atoms with E-state index in [2.05, 4.69) is 21.1 Å². The third-order valence-electron chi connectivity index (χ3n) is 2.38. The summed E-state index contributed by atoms with van der Waals surface area (Å²) in [4.78, 5) is 0. The summed E-state index contributed by atoms with van der Waals surface area (Å²) < 4.78 is 18.9. The number of nitrogens with zero attached hydrogens (tertiary/aromatic N) is 1. The molecule has 4 nitrogen and oxygen atoms in total. The molecule has 2 aromatic carbocycles. The van der Waals surface area contributed by atoms with Crippen molar-refractivity contribution in [2.45, 2.75) is 0 Å². The summed E-state index contributed by atoms with van der Waals surface area (Å²) in [5, 5.41) is 11.4. The maximum atomic E-state index is 13.1. The third-order valence-corrected chi connectivity index (χ3v) is 2.99. The van der Waals surface area contributed by atoms with Crippen LogP contribution in [0.25, 0.3) is 0 Å². The summed E-state index contributed by atoms with van der Waals surface area (Å²) in [7, 11) is 0. The Morgan fingerprint density at radius 3 is 2.37 bits per heavy atom. The molecule has 0 amide bonds. The summed E-state index contributed by atoms with van der Waals surface area (Å²) in [6.45, 7) is 0. The number of rotatable bonds is 3. The lowest BCUT2D eigenvalue weighted by Gasteiger charge is -2.07. The summed E-state index contributed by atoms with van der Waals surface area (Å²) in [6.07, 6.45) is 0. The highest BCUT2D eigenvalue weighted by atomic mass is 79.9. The number of hydrogen-bond acceptors (Lipinski definition) is 3. The van der Waals surface area contributed by atoms with Crippen LogP contribution < -0.4 is 10.5 Å². The highest BCUT2D eigenvalue weighted by molar-refractivity contribution is 9.10. The van der Waals surface area contributed by atoms with Crippen molar-refractivity contribution in [1.29, 1.82) is 0 Å². The van der Waals surface area contributed by atoms with Gasteiger partial charge in [0.15, 0.2) is 5.84 Å². The summed E-state index contributed by atoms with van der Waals surface area (Å²) in [5.41, 5.74) is 6.02. The molecule has 6 heteroatoms. The van der Waals surface area contributed by atoms with Crippen molar-refractivity contribution in [3.63, 3.8) is 0 Å². The second-order valence-corrected chi connectivity index (χ2v) is 4.54. The van der Waals surface area contributed by atoms with E-state index in [1.165, 1.54) is 18.2 Å². The van der Waals surface area contributed by atoms with Crippen molar-refractivity contribution < 1.29 is 14.3 Å². The Bertz CT molecular complexity index is 615. The van der Waals surface area contributed by atoms with Gasteiger partial charge in [0, 0.05) is 5.56 Å². The molecule has 0 unspecified atom stereocenters. The van der Waals surface area contributed by atoms with Crippen LogP contribution in [0.5, 0.6) is 11.5 Å². The molecular formula is C13H10BrFN2O2. The second kappa shape index (κ2) is 5.71. The molecule has 19 heavy (non-hydrogen) atoms. The minimum atomic E-state index is -0.352. The quantitative estimate of drug-likeness (QED) is 0.393. The van der Waals surface area contributed by atoms with Crippen LogP contribution in [0.1, 0.15) is 5.56 Å². The molecule has 0 spiro atoms. The van der Waals surface area contributed by atoms with Crippen molar-refractivity contribution in [2.75, 3.05) is 0 Å². The molecule has 0 saturated carbocycles. The Hall–Kier alpha value is -2.08. The standard InChI is InChI=1S/C13H10BrFN2O2/c14-11-7-10(5-6-12(11)15)19-9-3-1-8(2-4-9)13(16)17-18/h1-7,18H,(H2,16,17). The van der Waals surface area contributed by atoms with E-state index in [4.69, 9.17) is 15.7 Å². The first-order valence-corrected chi connectivity index (χ1v) is 6.10. The van der Waals surface area contributed by atoms with Crippen LogP contribution in [0.4, 0.5) is 4.39 Å². The summed E-state index contributed by atoms with van der Waals surface area (Å²) in [6, 6.07) is 11.0. The Kier molecular flexibility index (Phi) is 4.01. The number of amidine groups is 1. The summed E-state index contributed by atoms with van der Waals surface area (Å²) in [5.74, 6) is 0.739. The van der Waals surface area contributed by atoms with Gasteiger partial charge in [0.2, 0.25) is 0 Å². The SMILES string of the molecule is N/C(=N/O)c1ccc(Oc2ccc(F)c(Br)c2)cc1. The van der Waals surface area contributed by atoms with Gasteiger partial charge in [0.1, 0.15) is 17.3 Å². The first-order chi connectivity index (χ1) is 9.10. The van der Waals surface area contributed by atoms with Crippen molar-refractivity contribution in [3.05, 3.63) is 58.3 Å². The molecule has 0 fully saturated rings. The molecule has 0 heterocycles. The molecule has 0 saturated heterocycles. The van der Waals surface area contributed by atoms with Gasteiger partial charge in [0.05, 0.1) is 4.47 Å². The normalized spacial score (nSPS) is 11.4. The minimum Gasteiger partial charge on any atom is -0.457 e. The first-order valence-electron chi connectivity index (χ1n) is 5.31. The zero-order valence-electron chi connectivity index (χ0n) is 9.68. The molecule has 2 aromatic rings. The third kappa shape index (κ3) is 3.23. The van der Waals surface area contributed by atoms with Crippen LogP contribution in [-0.2, 0) is 0 Å². The van der Waals surface area contributed by atoms with E-state index >= 15 is 0 Å². The van der Waals surface area contributed by atoms with Gasteiger partial charge in [-0.05, 0) is 58.4 Å². The largest absolute Gasteiger partial charge is 0.457 e. The molecule has 0 aliphatic rings. The number of oxime groups is 1. The van der Waals surface area contributed by atoms with Gasteiger partial charge in [-0.3, -0.25) is 0 Å². The van der Waals surface area contributed by atoms with Crippen molar-refractivity contribution >= 4 is 21.8 Å². The summed E-state index contributed by atoms with van der Waals surface area (Å²) >= 11 is 3.08. The van der Waals surface area contributed by atoms with E-state index in [0.717, 1.165) is 0 Å². The number of ether oxygens (including phenoxy) is 1. The Morgan fingerprint density at radius 1 is 1.16 bits per heavy atom. The Morgan fingerprint density at radius 2 is 1.79 bits per heavy atom. The molecular weight excluding hydrogens is 315 g/mol. The predicted molar refractivity (Wildman–Crippen MR) is 73.1 cm³/mol. The molecule has 0 aliphatic heterocycles. The smallest absolute Gasteiger partial charge is 0.170 e. The van der Waals surface area contributed by atoms with E-state index in [1.807, 2.05) is 0 Å². The predicted octanol–water partition coefficient (Wildman–Crippen LogP) is 3.48. The van der Waals surface area contributed by atoms with Gasteiger partial charge < -0.3 is 15.7 Å². The average molecular weight is 325 g/mol. The van der Waals surface area contributed by atoms with Crippen LogP contribution >= 0.6 is 15.9 Å². The van der Waals surface area contributed by atoms with Crippen molar-refractivity contribution in [2.24, 2.45) is 10.9 Å². The van der Waals surface area contributed by atoms with Crippen molar-refractivity contribution in [1.82, 2.24) is 0 Å². The van der Waals surface area contributed by atoms with Crippen LogP contribution in [-0.4, -0.2) is 11.0 Å². The first kappa shape index (κ1) is 13.4. The van der Waals surface area contributed by atoms with Gasteiger partial charge in [-0.25, -0.2) is 4.39 Å². The van der Waals surface area contributed by atoms with Gasteiger partial charge in [0.25, 0.3) is 0 Å². The number of hydrogen-bond donors (Lipinski definition) is 2. The van der Waals surface area contributed by atoms with Crippen LogP contribution in [0.2, 0.25) is 0 Å². The van der Waals surface area contributed by atoms with E-state index < -0.39 is 0 Å². The molecule has 0 aliphatic carbocycles. The monoisotopic (exact) mass is 324 g/mol. The zero-order valence-corrected chi connectivity index (χ0v) is 11.3. The topological polar surface area (TPSA) is 67.8 Å². The lowest BCUT2D eigenvalue weighted by atomic mass is 10.2. The molecule has 2 rings (SSSR count). The molecule has 0 radical (unpaired) electrons. The maximum absolute atomic E-state index is 13.1. The van der Waals surface area contributed by atoms with Crippen LogP contribution in [0.15, 0.2) is 52.1 Å². The van der Waals surface area contributed by atoms with Gasteiger partial charge in [-0.15, -0.1) is 0 Å². The molecule has 0 bridgehead atoms. The maximum Gasteiger partial charge on any atom is 0.170 e. The number of benzene rings is 2. The lowest BCUT2D eigenvalue weighted by molar-refractivity contribution is 0.318. The minimum absolute atomic E-state index is 0.0241. The average Bonchev–Trinajstić information content (AvgIpc) is 2.43. The lowest BCUT2D eigenvalue weighted by Crippen LogP contribution is -2.12. The molecule has 0 aromatic heterocycles. The van der Waals surface area contributed by atoms with Gasteiger partial charge in [-0.1, -0.05) is 5.16 Å². The van der Waals surface area contributed by atoms with E-state index in [0.29, 0.717) is 21.5 Å². The Labute approximate surface area is 117 Å². The van der Waals surface area contributed by atoms with E-state index in [9.17, 15) is 4.39 Å².